The van der Waals surface area contributed by atoms with Gasteiger partial charge in [-0.1, -0.05) is 49.4 Å². The Hall–Kier alpha value is -3.42. The second-order valence-corrected chi connectivity index (χ2v) is 8.75. The number of amides is 1. The Morgan fingerprint density at radius 1 is 1.15 bits per heavy atom. The van der Waals surface area contributed by atoms with Gasteiger partial charge in [0.15, 0.2) is 0 Å². The van der Waals surface area contributed by atoms with Crippen molar-refractivity contribution >= 4 is 17.4 Å². The molecule has 3 N–H and O–H groups in total. The quantitative estimate of drug-likeness (QED) is 0.502. The van der Waals surface area contributed by atoms with Crippen molar-refractivity contribution in [3.8, 4) is 16.9 Å². The summed E-state index contributed by atoms with van der Waals surface area (Å²) in [5, 5.41) is 29.4. The highest BCUT2D eigenvalue weighted by Crippen LogP contribution is 2.50. The van der Waals surface area contributed by atoms with Gasteiger partial charge < -0.3 is 25.0 Å². The predicted octanol–water partition coefficient (Wildman–Crippen LogP) is 2.67. The summed E-state index contributed by atoms with van der Waals surface area (Å²) in [7, 11) is 0. The predicted molar refractivity (Wildman–Crippen MR) is 121 cm³/mol. The first-order valence-corrected chi connectivity index (χ1v) is 11.0. The summed E-state index contributed by atoms with van der Waals surface area (Å²) in [4.78, 5) is 25.9. The van der Waals surface area contributed by atoms with E-state index in [0.717, 1.165) is 27.8 Å². The molecule has 0 aromatic heterocycles. The van der Waals surface area contributed by atoms with E-state index in [1.165, 1.54) is 4.90 Å². The van der Waals surface area contributed by atoms with Gasteiger partial charge >= 0.3 is 5.97 Å². The number of nitrogens with zero attached hydrogens (tertiary/aromatic N) is 1. The first-order valence-electron chi connectivity index (χ1n) is 11.0. The molecular formula is C26H25NO6. The smallest absolute Gasteiger partial charge is 0.352 e. The van der Waals surface area contributed by atoms with Gasteiger partial charge in [-0.05, 0) is 35.3 Å². The number of carbonyl (C=O) groups is 2. The number of benzene rings is 2. The fraction of sp³-hybridized carbons (Fsp3) is 0.308. The van der Waals surface area contributed by atoms with Gasteiger partial charge in [0.25, 0.3) is 0 Å². The average Bonchev–Trinajstić information content (AvgIpc) is 3.23. The van der Waals surface area contributed by atoms with Crippen molar-refractivity contribution in [3.05, 3.63) is 70.9 Å². The third-order valence-electron chi connectivity index (χ3n) is 7.00. The number of fused-ring (bicyclic) bond motifs is 4. The molecule has 7 nitrogen and oxygen atoms in total. The fourth-order valence-corrected chi connectivity index (χ4v) is 5.54. The van der Waals surface area contributed by atoms with Crippen molar-refractivity contribution in [1.29, 1.82) is 0 Å². The van der Waals surface area contributed by atoms with Crippen LogP contribution in [-0.4, -0.2) is 57.5 Å². The van der Waals surface area contributed by atoms with E-state index in [2.05, 4.69) is 0 Å². The Bertz CT molecular complexity index is 1230. The van der Waals surface area contributed by atoms with E-state index < -0.39 is 18.0 Å². The zero-order chi connectivity index (χ0) is 23.4. The van der Waals surface area contributed by atoms with Crippen LogP contribution < -0.4 is 4.74 Å². The largest absolute Gasteiger partial charge is 0.488 e. The number of rotatable bonds is 6. The Morgan fingerprint density at radius 3 is 2.52 bits per heavy atom. The molecule has 4 atom stereocenters. The lowest BCUT2D eigenvalue weighted by molar-refractivity contribution is -0.163. The minimum absolute atomic E-state index is 0.0211. The highest BCUT2D eigenvalue weighted by Gasteiger charge is 2.59. The lowest BCUT2D eigenvalue weighted by atomic mass is 9.78. The number of aliphatic carboxylic acids is 1. The molecule has 1 amide bonds. The van der Waals surface area contributed by atoms with Crippen molar-refractivity contribution in [2.24, 2.45) is 11.8 Å². The van der Waals surface area contributed by atoms with Crippen LogP contribution in [0.2, 0.25) is 0 Å². The van der Waals surface area contributed by atoms with Crippen molar-refractivity contribution in [3.63, 3.8) is 0 Å². The van der Waals surface area contributed by atoms with Crippen LogP contribution in [0.25, 0.3) is 16.7 Å². The molecule has 2 aromatic carbocycles. The van der Waals surface area contributed by atoms with Gasteiger partial charge in [0.2, 0.25) is 5.91 Å². The van der Waals surface area contributed by atoms with Crippen LogP contribution in [0.1, 0.15) is 25.0 Å². The molecule has 2 aliphatic heterocycles. The van der Waals surface area contributed by atoms with Gasteiger partial charge in [-0.15, -0.1) is 0 Å². The highest BCUT2D eigenvalue weighted by atomic mass is 16.5. The number of β-lactam (4-membered cyclic amide) rings is 1. The van der Waals surface area contributed by atoms with Crippen LogP contribution in [0.4, 0.5) is 0 Å². The average molecular weight is 447 g/mol. The van der Waals surface area contributed by atoms with E-state index in [9.17, 15) is 24.9 Å². The molecule has 1 fully saturated rings. The van der Waals surface area contributed by atoms with Gasteiger partial charge in [0.05, 0.1) is 24.7 Å². The summed E-state index contributed by atoms with van der Waals surface area (Å²) in [5.41, 5.74) is 5.28. The number of carbonyl (C=O) groups excluding carboxylic acids is 1. The Balaban J connectivity index is 1.51. The first-order chi connectivity index (χ1) is 15.9. The molecule has 3 aliphatic rings. The van der Waals surface area contributed by atoms with Crippen LogP contribution in [0.5, 0.6) is 5.75 Å². The fourth-order valence-electron chi connectivity index (χ4n) is 5.54. The first kappa shape index (κ1) is 21.4. The van der Waals surface area contributed by atoms with E-state index in [1.807, 2.05) is 49.4 Å². The molecule has 0 radical (unpaired) electrons. The third-order valence-corrected chi connectivity index (χ3v) is 7.00. The minimum atomic E-state index is -1.17. The zero-order valence-corrected chi connectivity index (χ0v) is 18.4. The maximum atomic E-state index is 12.6. The Kier molecular flexibility index (Phi) is 5.11. The van der Waals surface area contributed by atoms with Gasteiger partial charge in [-0.3, -0.25) is 4.79 Å². The number of carboxylic acid groups (broad SMARTS) is 1. The molecule has 0 saturated carbocycles. The summed E-state index contributed by atoms with van der Waals surface area (Å²) < 4.78 is 6.21. The van der Waals surface area contributed by atoms with Crippen LogP contribution in [-0.2, 0) is 9.59 Å². The molecule has 0 spiro atoms. The molecule has 3 unspecified atom stereocenters. The number of aliphatic hydroxyl groups is 2. The van der Waals surface area contributed by atoms with Crippen LogP contribution in [0, 0.1) is 11.8 Å². The van der Waals surface area contributed by atoms with Crippen LogP contribution in [0.15, 0.2) is 59.8 Å². The number of aliphatic hydroxyl groups excluding tert-OH is 2. The maximum absolute atomic E-state index is 12.6. The van der Waals surface area contributed by atoms with Gasteiger partial charge in [-0.2, -0.15) is 0 Å². The molecular weight excluding hydrogens is 422 g/mol. The molecule has 1 aliphatic carbocycles. The lowest BCUT2D eigenvalue weighted by Crippen LogP contribution is -2.63. The molecule has 33 heavy (non-hydrogen) atoms. The Morgan fingerprint density at radius 2 is 1.85 bits per heavy atom. The number of hydrogen-bond acceptors (Lipinski definition) is 5. The summed E-state index contributed by atoms with van der Waals surface area (Å²) in [5.74, 6) is -1.77. The van der Waals surface area contributed by atoms with Crippen molar-refractivity contribution in [2.75, 3.05) is 13.2 Å². The zero-order valence-electron chi connectivity index (χ0n) is 18.4. The van der Waals surface area contributed by atoms with E-state index in [1.54, 1.807) is 13.0 Å². The number of ether oxygens (including phenoxy) is 1. The van der Waals surface area contributed by atoms with E-state index in [0.29, 0.717) is 11.3 Å². The van der Waals surface area contributed by atoms with Crippen LogP contribution in [0.3, 0.4) is 0 Å². The Labute approximate surface area is 191 Å². The molecule has 1 saturated heterocycles. The van der Waals surface area contributed by atoms with Gasteiger partial charge in [0.1, 0.15) is 18.1 Å². The van der Waals surface area contributed by atoms with Gasteiger partial charge in [0, 0.05) is 17.1 Å². The molecule has 7 heteroatoms. The number of carboxylic acids is 1. The SMILES string of the molecule is CC(O)C1C(=O)N2C(C(=O)O)=C(COc3cccc4c3-c3ccccc3C4=CCO)[C@H](C)C12. The van der Waals surface area contributed by atoms with Crippen molar-refractivity contribution in [1.82, 2.24) is 4.90 Å². The molecule has 170 valence electrons. The van der Waals surface area contributed by atoms with E-state index in [-0.39, 0.29) is 36.8 Å². The second-order valence-electron chi connectivity index (χ2n) is 8.75. The third kappa shape index (κ3) is 3.03. The summed E-state index contributed by atoms with van der Waals surface area (Å²) in [6.07, 6.45) is 0.924. The molecule has 5 rings (SSSR count). The van der Waals surface area contributed by atoms with Gasteiger partial charge in [-0.25, -0.2) is 4.79 Å². The standard InChI is InChI=1S/C26H25NO6/c1-13-19(24(26(31)32)27-23(13)21(14(2)29)25(27)30)12-33-20-9-5-8-18-16(10-11-28)15-6-3-4-7-17(15)22(18)20/h3-10,13-14,21,23,28-29H,11-12H2,1-2H3,(H,31,32)/t13-,14?,21?,23?/m0/s1. The van der Waals surface area contributed by atoms with Crippen LogP contribution >= 0.6 is 0 Å². The minimum Gasteiger partial charge on any atom is -0.488 e. The normalized spacial score (nSPS) is 25.0. The molecule has 2 aromatic rings. The number of hydrogen-bond donors (Lipinski definition) is 3. The van der Waals surface area contributed by atoms with E-state index in [4.69, 9.17) is 4.74 Å². The maximum Gasteiger partial charge on any atom is 0.352 e. The lowest BCUT2D eigenvalue weighted by Gasteiger charge is -2.46. The summed E-state index contributed by atoms with van der Waals surface area (Å²) >= 11 is 0. The van der Waals surface area contributed by atoms with Crippen molar-refractivity contribution in [2.45, 2.75) is 26.0 Å². The summed E-state index contributed by atoms with van der Waals surface area (Å²) in [6.45, 7) is 3.37. The van der Waals surface area contributed by atoms with E-state index >= 15 is 0 Å². The highest BCUT2D eigenvalue weighted by molar-refractivity contribution is 6.03. The molecule has 2 heterocycles. The monoisotopic (exact) mass is 447 g/mol. The molecule has 0 bridgehead atoms. The van der Waals surface area contributed by atoms with Crippen molar-refractivity contribution < 1.29 is 29.6 Å². The topological polar surface area (TPSA) is 107 Å². The summed E-state index contributed by atoms with van der Waals surface area (Å²) in [6, 6.07) is 13.2. The second kappa shape index (κ2) is 7.86.